The fraction of sp³-hybridized carbons (Fsp3) is 0.421. The number of anilines is 1. The van der Waals surface area contributed by atoms with Crippen molar-refractivity contribution >= 4 is 17.7 Å². The first kappa shape index (κ1) is 25.0. The van der Waals surface area contributed by atoms with E-state index in [0.29, 0.717) is 25.8 Å². The normalized spacial score (nSPS) is 11.9. The lowest BCUT2D eigenvalue weighted by Gasteiger charge is -2.11. The van der Waals surface area contributed by atoms with Crippen LogP contribution in [-0.4, -0.2) is 33.4 Å². The number of hydrogen-bond donors (Lipinski definition) is 3. The Hall–Kier alpha value is -3.25. The van der Waals surface area contributed by atoms with Crippen LogP contribution in [0, 0.1) is 0 Å². The summed E-state index contributed by atoms with van der Waals surface area (Å²) in [7, 11) is 0. The van der Waals surface area contributed by atoms with Gasteiger partial charge in [-0.25, -0.2) is 9.48 Å². The van der Waals surface area contributed by atoms with Crippen molar-refractivity contribution in [3.05, 3.63) is 41.7 Å². The third kappa shape index (κ3) is 7.46. The lowest BCUT2D eigenvalue weighted by atomic mass is 10.1. The van der Waals surface area contributed by atoms with Gasteiger partial charge in [0.15, 0.2) is 5.69 Å². The summed E-state index contributed by atoms with van der Waals surface area (Å²) in [6, 6.07) is 4.70. The molecule has 0 aliphatic rings. The van der Waals surface area contributed by atoms with Crippen molar-refractivity contribution in [2.24, 2.45) is 0 Å². The molecular weight excluding hydrogens is 446 g/mol. The maximum atomic E-state index is 13.1. The van der Waals surface area contributed by atoms with Crippen molar-refractivity contribution in [1.82, 2.24) is 15.1 Å². The van der Waals surface area contributed by atoms with Crippen molar-refractivity contribution < 1.29 is 41.0 Å². The number of amides is 2. The van der Waals surface area contributed by atoms with Gasteiger partial charge in [-0.3, -0.25) is 4.79 Å². The minimum absolute atomic E-state index is 0.0621. The summed E-state index contributed by atoms with van der Waals surface area (Å²) in [6.07, 6.45) is -8.38. The second-order valence-electron chi connectivity index (χ2n) is 6.81. The number of carbonyl (C=O) groups is 2. The molecule has 2 amide bonds. The molecule has 1 aromatic carbocycles. The summed E-state index contributed by atoms with van der Waals surface area (Å²) in [5.74, 6) is -0.337. The highest BCUT2D eigenvalue weighted by atomic mass is 19.4. The molecule has 0 saturated carbocycles. The number of nitrogens with zero attached hydrogens (tertiary/aromatic N) is 2. The number of carboxylic acid groups (broad SMARTS) is 1. The Morgan fingerprint density at radius 1 is 0.938 bits per heavy atom. The molecule has 1 aromatic heterocycles. The Balaban J connectivity index is 1.94. The van der Waals surface area contributed by atoms with Gasteiger partial charge in [0, 0.05) is 24.7 Å². The Morgan fingerprint density at radius 2 is 1.56 bits per heavy atom. The van der Waals surface area contributed by atoms with E-state index in [4.69, 9.17) is 5.11 Å². The summed E-state index contributed by atoms with van der Waals surface area (Å²) in [4.78, 5) is 22.2. The average molecular weight is 466 g/mol. The molecule has 1 heterocycles. The van der Waals surface area contributed by atoms with E-state index in [0.717, 1.165) is 18.6 Å². The predicted octanol–water partition coefficient (Wildman–Crippen LogP) is 5.07. The average Bonchev–Trinajstić information content (AvgIpc) is 3.14. The van der Waals surface area contributed by atoms with E-state index in [1.165, 1.54) is 12.1 Å². The monoisotopic (exact) mass is 466 g/mol. The van der Waals surface area contributed by atoms with Crippen molar-refractivity contribution in [2.45, 2.75) is 44.5 Å². The molecule has 0 aliphatic heterocycles. The number of unbranched alkanes of at least 4 members (excludes halogenated alkanes) is 3. The van der Waals surface area contributed by atoms with Gasteiger partial charge in [-0.15, -0.1) is 0 Å². The second kappa shape index (κ2) is 10.4. The van der Waals surface area contributed by atoms with Gasteiger partial charge < -0.3 is 15.7 Å². The third-order valence-electron chi connectivity index (χ3n) is 4.29. The fourth-order valence-corrected chi connectivity index (χ4v) is 2.79. The summed E-state index contributed by atoms with van der Waals surface area (Å²) in [6.45, 7) is 0.324. The standard InChI is InChI=1S/C19H20F6N4O3/c20-18(21,22)14-11-15(19(23,24)25)29(28-14)13-8-6-12(7-9-13)27-16(30)5-3-1-2-4-10-26-17(31)32/h6-9,11,26H,1-5,10H2,(H,27,30)(H,31,32). The lowest BCUT2D eigenvalue weighted by molar-refractivity contribution is -0.143. The van der Waals surface area contributed by atoms with Crippen molar-refractivity contribution in [2.75, 3.05) is 11.9 Å². The predicted molar refractivity (Wildman–Crippen MR) is 101 cm³/mol. The number of halogens is 6. The minimum atomic E-state index is -5.05. The fourth-order valence-electron chi connectivity index (χ4n) is 2.79. The highest BCUT2D eigenvalue weighted by Gasteiger charge is 2.42. The quantitative estimate of drug-likeness (QED) is 0.355. The molecule has 0 unspecified atom stereocenters. The van der Waals surface area contributed by atoms with Crippen LogP contribution in [0.4, 0.5) is 36.8 Å². The van der Waals surface area contributed by atoms with E-state index >= 15 is 0 Å². The van der Waals surface area contributed by atoms with E-state index in [1.54, 1.807) is 0 Å². The molecule has 0 bridgehead atoms. The van der Waals surface area contributed by atoms with E-state index < -0.39 is 29.8 Å². The van der Waals surface area contributed by atoms with Gasteiger partial charge in [0.25, 0.3) is 0 Å². The SMILES string of the molecule is O=C(O)NCCCCCCC(=O)Nc1ccc(-n2nc(C(F)(F)F)cc2C(F)(F)F)cc1. The molecule has 2 aromatic rings. The molecule has 3 N–H and O–H groups in total. The number of hydrogen-bond acceptors (Lipinski definition) is 3. The summed E-state index contributed by atoms with van der Waals surface area (Å²) in [5.41, 5.74) is -3.22. The molecule has 176 valence electrons. The smallest absolute Gasteiger partial charge is 0.435 e. The molecule has 0 aliphatic carbocycles. The summed E-state index contributed by atoms with van der Waals surface area (Å²) < 4.78 is 77.9. The van der Waals surface area contributed by atoms with Crippen LogP contribution in [-0.2, 0) is 17.1 Å². The Bertz CT molecular complexity index is 923. The second-order valence-corrected chi connectivity index (χ2v) is 6.81. The first-order valence-corrected chi connectivity index (χ1v) is 9.49. The van der Waals surface area contributed by atoms with Crippen LogP contribution in [0.2, 0.25) is 0 Å². The molecule has 2 rings (SSSR count). The maximum absolute atomic E-state index is 13.1. The van der Waals surface area contributed by atoms with Crippen LogP contribution in [0.3, 0.4) is 0 Å². The highest BCUT2D eigenvalue weighted by molar-refractivity contribution is 5.90. The van der Waals surface area contributed by atoms with Crippen LogP contribution >= 0.6 is 0 Å². The zero-order valence-electron chi connectivity index (χ0n) is 16.6. The van der Waals surface area contributed by atoms with Crippen LogP contribution < -0.4 is 10.6 Å². The van der Waals surface area contributed by atoms with Crippen LogP contribution in [0.15, 0.2) is 30.3 Å². The van der Waals surface area contributed by atoms with Crippen LogP contribution in [0.1, 0.15) is 43.5 Å². The molecule has 0 fully saturated rings. The van der Waals surface area contributed by atoms with Gasteiger partial charge in [-0.05, 0) is 37.1 Å². The Kier molecular flexibility index (Phi) is 8.11. The zero-order chi connectivity index (χ0) is 23.9. The molecule has 0 saturated heterocycles. The number of alkyl halides is 6. The first-order valence-electron chi connectivity index (χ1n) is 9.49. The molecular formula is C19H20F6N4O3. The van der Waals surface area contributed by atoms with Gasteiger partial charge in [0.05, 0.1) is 5.69 Å². The Morgan fingerprint density at radius 3 is 2.12 bits per heavy atom. The molecule has 0 atom stereocenters. The maximum Gasteiger partial charge on any atom is 0.435 e. The van der Waals surface area contributed by atoms with Crippen LogP contribution in [0.5, 0.6) is 0 Å². The molecule has 0 spiro atoms. The zero-order valence-corrected chi connectivity index (χ0v) is 16.6. The lowest BCUT2D eigenvalue weighted by Crippen LogP contribution is -2.21. The molecule has 13 heteroatoms. The van der Waals surface area contributed by atoms with Gasteiger partial charge in [0.1, 0.15) is 5.69 Å². The van der Waals surface area contributed by atoms with E-state index in [9.17, 15) is 35.9 Å². The number of carbonyl (C=O) groups excluding carboxylic acids is 1. The van der Waals surface area contributed by atoms with Crippen molar-refractivity contribution in [3.8, 4) is 5.69 Å². The summed E-state index contributed by atoms with van der Waals surface area (Å²) >= 11 is 0. The van der Waals surface area contributed by atoms with E-state index in [2.05, 4.69) is 15.7 Å². The largest absolute Gasteiger partial charge is 0.465 e. The number of rotatable bonds is 9. The number of aromatic nitrogens is 2. The third-order valence-corrected chi connectivity index (χ3v) is 4.29. The van der Waals surface area contributed by atoms with Crippen LogP contribution in [0.25, 0.3) is 5.69 Å². The Labute approximate surface area is 178 Å². The van der Waals surface area contributed by atoms with Crippen molar-refractivity contribution in [1.29, 1.82) is 0 Å². The number of nitrogens with one attached hydrogen (secondary N) is 2. The van der Waals surface area contributed by atoms with E-state index in [1.807, 2.05) is 0 Å². The number of benzene rings is 1. The molecule has 7 nitrogen and oxygen atoms in total. The molecule has 0 radical (unpaired) electrons. The summed E-state index contributed by atoms with van der Waals surface area (Å²) in [5, 5.41) is 16.2. The van der Waals surface area contributed by atoms with E-state index in [-0.39, 0.29) is 34.5 Å². The van der Waals surface area contributed by atoms with Gasteiger partial charge in [-0.1, -0.05) is 12.8 Å². The molecule has 32 heavy (non-hydrogen) atoms. The highest BCUT2D eigenvalue weighted by Crippen LogP contribution is 2.36. The first-order chi connectivity index (χ1) is 14.9. The minimum Gasteiger partial charge on any atom is -0.465 e. The van der Waals surface area contributed by atoms with Crippen molar-refractivity contribution in [3.63, 3.8) is 0 Å². The van der Waals surface area contributed by atoms with Gasteiger partial charge in [-0.2, -0.15) is 31.4 Å². The van der Waals surface area contributed by atoms with Gasteiger partial charge in [0.2, 0.25) is 5.91 Å². The van der Waals surface area contributed by atoms with Gasteiger partial charge >= 0.3 is 18.4 Å². The topological polar surface area (TPSA) is 96.3 Å².